The zero-order valence-corrected chi connectivity index (χ0v) is 34.3. The van der Waals surface area contributed by atoms with Crippen LogP contribution in [-0.4, -0.2) is 88.4 Å². The number of anilines is 1. The smallest absolute Gasteiger partial charge is 0.283 e. The number of fused-ring (bicyclic) bond motifs is 1. The molecule has 0 unspecified atom stereocenters. The Bertz CT molecular complexity index is 2440. The highest BCUT2D eigenvalue weighted by molar-refractivity contribution is 7.94. The lowest BCUT2D eigenvalue weighted by molar-refractivity contribution is -0.434. The number of rotatable bonds is 25. The van der Waals surface area contributed by atoms with Crippen molar-refractivity contribution in [3.8, 4) is 11.5 Å². The summed E-state index contributed by atoms with van der Waals surface area (Å²) in [5.41, 5.74) is -0.490. The molecule has 0 aliphatic heterocycles. The molecule has 0 bridgehead atoms. The fourth-order valence-electron chi connectivity index (χ4n) is 4.56. The van der Waals surface area contributed by atoms with Crippen molar-refractivity contribution in [2.45, 2.75) is 14.7 Å². The second-order valence-electron chi connectivity index (χ2n) is 10.7. The molecule has 6 N–H and O–H groups in total. The third-order valence-corrected chi connectivity index (χ3v) is 12.4. The van der Waals surface area contributed by atoms with Crippen molar-refractivity contribution in [1.82, 2.24) is 0 Å². The molecule has 0 saturated carbocycles. The summed E-state index contributed by atoms with van der Waals surface area (Å²) in [5, 5.41) is 66.2. The minimum atomic E-state index is -4.58. The maximum atomic E-state index is 13.0. The van der Waals surface area contributed by atoms with Crippen LogP contribution in [0.2, 0.25) is 0 Å². The van der Waals surface area contributed by atoms with Crippen LogP contribution in [0.5, 0.6) is 11.5 Å². The first-order chi connectivity index (χ1) is 28.1. The minimum absolute atomic E-state index is 0.00841. The van der Waals surface area contributed by atoms with Crippen LogP contribution < -0.4 is 10.1 Å². The van der Waals surface area contributed by atoms with E-state index in [2.05, 4.69) is 53.9 Å². The Balaban J connectivity index is 1.76. The normalized spacial score (nSPS) is 12.6. The second kappa shape index (κ2) is 22.7. The van der Waals surface area contributed by atoms with Crippen molar-refractivity contribution in [2.24, 2.45) is 20.5 Å². The molecule has 0 spiro atoms. The summed E-state index contributed by atoms with van der Waals surface area (Å²) in [4.78, 5) is -0.452. The Morgan fingerprint density at radius 2 is 1.27 bits per heavy atom. The lowest BCUT2D eigenvalue weighted by Gasteiger charge is -2.14. The number of phenolic OH excluding ortho intramolecular Hbond substituents is 1. The summed E-state index contributed by atoms with van der Waals surface area (Å²) < 4.78 is 111. The number of aromatic hydroxyl groups is 1. The van der Waals surface area contributed by atoms with E-state index < -0.39 is 52.9 Å². The second-order valence-corrected chi connectivity index (χ2v) is 18.1. The Labute approximate surface area is 346 Å². The molecule has 0 fully saturated rings. The van der Waals surface area contributed by atoms with E-state index in [0.29, 0.717) is 12.0 Å². The van der Waals surface area contributed by atoms with Gasteiger partial charge in [0.2, 0.25) is 0 Å². The predicted octanol–water partition coefficient (Wildman–Crippen LogP) is 6.62. The van der Waals surface area contributed by atoms with Gasteiger partial charge < -0.3 is 15.2 Å². The minimum Gasteiger partial charge on any atom is -0.505 e. The van der Waals surface area contributed by atoms with E-state index in [1.807, 2.05) is 0 Å². The molecule has 0 radical (unpaired) electrons. The Morgan fingerprint density at radius 3 is 1.86 bits per heavy atom. The van der Waals surface area contributed by atoms with Crippen molar-refractivity contribution < 1.29 is 91.9 Å². The first-order valence-electron chi connectivity index (χ1n) is 15.4. The SMILES string of the molecule is COc1ccc(S(=O)(=O)CCOSOOO)cc1/N=N/c1c(SOOO)cc2c(/N=N/c3ccc(S(=O)(=O)CCOSOOO)cc3)c(NCS(=O)(=O)O)ccc2c1O. The molecule has 0 amide bonds. The van der Waals surface area contributed by atoms with Crippen LogP contribution in [0.3, 0.4) is 0 Å². The quantitative estimate of drug-likeness (QED) is 0.0101. The Hall–Kier alpha value is -3.84. The lowest BCUT2D eigenvalue weighted by Crippen LogP contribution is -2.13. The molecule has 31 heteroatoms. The molecule has 0 aliphatic rings. The van der Waals surface area contributed by atoms with Crippen LogP contribution in [0.4, 0.5) is 28.4 Å². The first kappa shape index (κ1) is 47.8. The van der Waals surface area contributed by atoms with Crippen LogP contribution in [0.25, 0.3) is 10.8 Å². The molecule has 4 rings (SSSR count). The highest BCUT2D eigenvalue weighted by Crippen LogP contribution is 2.48. The number of hydrogen-bond acceptors (Lipinski definition) is 27. The molecule has 0 heterocycles. The maximum absolute atomic E-state index is 13.0. The van der Waals surface area contributed by atoms with E-state index >= 15 is 0 Å². The van der Waals surface area contributed by atoms with E-state index in [0.717, 1.165) is 6.07 Å². The maximum Gasteiger partial charge on any atom is 0.283 e. The van der Waals surface area contributed by atoms with Gasteiger partial charge in [0.1, 0.15) is 28.7 Å². The van der Waals surface area contributed by atoms with Gasteiger partial charge in [-0.25, -0.2) is 32.6 Å². The monoisotopic (exact) mass is 947 g/mol. The number of hydrogen-bond donors (Lipinski definition) is 6. The fraction of sp³-hybridized carbons (Fsp3) is 0.214. The van der Waals surface area contributed by atoms with Gasteiger partial charge in [0.05, 0.1) is 69.9 Å². The molecular weight excluding hydrogens is 919 g/mol. The van der Waals surface area contributed by atoms with Crippen LogP contribution in [0.1, 0.15) is 0 Å². The van der Waals surface area contributed by atoms with Gasteiger partial charge in [-0.2, -0.15) is 13.5 Å². The van der Waals surface area contributed by atoms with Crippen molar-refractivity contribution in [1.29, 1.82) is 0 Å². The first-order valence-corrected chi connectivity index (χ1v) is 22.4. The predicted molar refractivity (Wildman–Crippen MR) is 205 cm³/mol. The van der Waals surface area contributed by atoms with Gasteiger partial charge in [-0.3, -0.25) is 12.9 Å². The zero-order valence-electron chi connectivity index (χ0n) is 29.4. The number of azo groups is 2. The third-order valence-electron chi connectivity index (χ3n) is 7.12. The summed E-state index contributed by atoms with van der Waals surface area (Å²) in [6, 6.07) is 12.7. The number of nitrogens with zero attached hydrogens (tertiary/aromatic N) is 4. The van der Waals surface area contributed by atoms with Crippen LogP contribution >= 0.6 is 36.7 Å². The number of ether oxygens (including phenoxy) is 1. The summed E-state index contributed by atoms with van der Waals surface area (Å²) in [6.07, 6.45) is 0. The number of sulfone groups is 2. The van der Waals surface area contributed by atoms with Crippen molar-refractivity contribution >= 4 is 106 Å². The van der Waals surface area contributed by atoms with E-state index in [-0.39, 0.29) is 97.5 Å². The van der Waals surface area contributed by atoms with E-state index in [1.165, 1.54) is 61.7 Å². The zero-order chi connectivity index (χ0) is 43.1. The summed E-state index contributed by atoms with van der Waals surface area (Å²) in [7, 11) is -11.1. The molecule has 25 nitrogen and oxygen atoms in total. The molecule has 0 saturated heterocycles. The van der Waals surface area contributed by atoms with Crippen molar-refractivity contribution in [3.05, 3.63) is 60.7 Å². The molecule has 0 atom stereocenters. The van der Waals surface area contributed by atoms with Gasteiger partial charge in [-0.05, 0) is 60.7 Å². The summed E-state index contributed by atoms with van der Waals surface area (Å²) in [6.45, 7) is -0.701. The third kappa shape index (κ3) is 14.1. The van der Waals surface area contributed by atoms with Crippen molar-refractivity contribution in [3.63, 3.8) is 0 Å². The molecule has 59 heavy (non-hydrogen) atoms. The van der Waals surface area contributed by atoms with Crippen LogP contribution in [0.15, 0.2) is 95.8 Å². The number of benzene rings is 4. The molecule has 4 aromatic rings. The number of nitrogens with one attached hydrogen (secondary N) is 1. The standard InChI is InChI=1S/C28H29N5O20S6/c1-45-24-9-6-19(58(40,41)13-11-47-56-53-50-37)14-23(24)31-33-27-25(54-51-48-35)15-21-20(28(27)34)7-8-22(29-16-59(42,43)44)26(21)32-30-17-2-4-18(5-3-17)57(38,39)12-10-46-55-52-49-36/h2-9,14-15,29,34-37H,10-13,16H2,1H3,(H,42,43,44)/b32-30+,33-31+. The topological polar surface area (TPSA) is 348 Å². The molecule has 0 aromatic heterocycles. The molecule has 4 aromatic carbocycles. The van der Waals surface area contributed by atoms with Gasteiger partial charge in [0, 0.05) is 10.8 Å². The number of phenols is 1. The van der Waals surface area contributed by atoms with Gasteiger partial charge >= 0.3 is 0 Å². The fourth-order valence-corrected chi connectivity index (χ4v) is 8.22. The Morgan fingerprint density at radius 1 is 0.678 bits per heavy atom. The average molecular weight is 948 g/mol. The Kier molecular flexibility index (Phi) is 18.4. The van der Waals surface area contributed by atoms with E-state index in [4.69, 9.17) is 28.9 Å². The van der Waals surface area contributed by atoms with Gasteiger partial charge in [0.15, 0.2) is 50.1 Å². The highest BCUT2D eigenvalue weighted by atomic mass is 32.2. The number of methoxy groups -OCH3 is 1. The van der Waals surface area contributed by atoms with E-state index in [1.54, 1.807) is 0 Å². The molecule has 0 aliphatic carbocycles. The lowest BCUT2D eigenvalue weighted by atomic mass is 10.1. The van der Waals surface area contributed by atoms with Crippen molar-refractivity contribution in [2.75, 3.05) is 43.0 Å². The summed E-state index contributed by atoms with van der Waals surface area (Å²) in [5.74, 6) is -2.51. The largest absolute Gasteiger partial charge is 0.505 e. The summed E-state index contributed by atoms with van der Waals surface area (Å²) >= 11 is 0.723. The average Bonchev–Trinajstić information content (AvgIpc) is 3.20. The van der Waals surface area contributed by atoms with Crippen LogP contribution in [-0.2, 0) is 66.3 Å². The van der Waals surface area contributed by atoms with Crippen LogP contribution in [0, 0.1) is 0 Å². The molecule has 322 valence electrons. The highest BCUT2D eigenvalue weighted by Gasteiger charge is 2.22. The van der Waals surface area contributed by atoms with Gasteiger partial charge in [-0.15, -0.1) is 28.3 Å². The molecular formula is C28H29N5O20S6. The van der Waals surface area contributed by atoms with E-state index in [9.17, 15) is 34.9 Å². The van der Waals surface area contributed by atoms with Gasteiger partial charge in [-0.1, -0.05) is 15.1 Å². The van der Waals surface area contributed by atoms with Gasteiger partial charge in [0.25, 0.3) is 10.1 Å².